The summed E-state index contributed by atoms with van der Waals surface area (Å²) in [7, 11) is 0. The fourth-order valence-electron chi connectivity index (χ4n) is 5.09. The molecule has 0 spiro atoms. The van der Waals surface area contributed by atoms with E-state index in [2.05, 4.69) is 88.4 Å². The van der Waals surface area contributed by atoms with E-state index in [-0.39, 0.29) is 0 Å². The van der Waals surface area contributed by atoms with Crippen LogP contribution in [-0.2, 0) is 0 Å². The van der Waals surface area contributed by atoms with Gasteiger partial charge in [0, 0.05) is 27.1 Å². The summed E-state index contributed by atoms with van der Waals surface area (Å²) in [5.74, 6) is 0. The Morgan fingerprint density at radius 3 is 2.18 bits per heavy atom. The lowest BCUT2D eigenvalue weighted by Crippen LogP contribution is -1.94. The molecular formula is C30H23ClN2. The third kappa shape index (κ3) is 2.81. The number of fused-ring (bicyclic) bond motifs is 9. The van der Waals surface area contributed by atoms with Crippen LogP contribution in [0.4, 0.5) is 0 Å². The Labute approximate surface area is 197 Å². The lowest BCUT2D eigenvalue weighted by molar-refractivity contribution is 1.18. The minimum absolute atomic E-state index is 0.743. The van der Waals surface area contributed by atoms with Crippen molar-refractivity contribution in [3.05, 3.63) is 102 Å². The molecule has 0 saturated heterocycles. The molecule has 0 saturated carbocycles. The molecular weight excluding hydrogens is 424 g/mol. The molecule has 0 radical (unpaired) electrons. The van der Waals surface area contributed by atoms with Crippen molar-refractivity contribution in [2.45, 2.75) is 13.8 Å². The van der Waals surface area contributed by atoms with Crippen LogP contribution >= 0.6 is 11.6 Å². The maximum atomic E-state index is 6.64. The summed E-state index contributed by atoms with van der Waals surface area (Å²) in [6.45, 7) is 4.00. The number of para-hydroxylation sites is 2. The SMILES string of the molecule is CC.Clc1ccccc1-n1c2ccccc2c2c3[nH]c4ccc5ccccc5c4c3ccc21. The van der Waals surface area contributed by atoms with Gasteiger partial charge < -0.3 is 9.55 Å². The van der Waals surface area contributed by atoms with E-state index in [0.717, 1.165) is 27.3 Å². The molecule has 0 aliphatic carbocycles. The number of nitrogens with zero attached hydrogens (tertiary/aromatic N) is 1. The zero-order valence-corrected chi connectivity index (χ0v) is 19.3. The van der Waals surface area contributed by atoms with Crippen LogP contribution in [0.5, 0.6) is 0 Å². The van der Waals surface area contributed by atoms with Gasteiger partial charge in [0.05, 0.1) is 27.3 Å². The van der Waals surface area contributed by atoms with Crippen LogP contribution in [0.1, 0.15) is 13.8 Å². The molecule has 1 N–H and O–H groups in total. The first kappa shape index (κ1) is 19.9. The number of aromatic nitrogens is 2. The fourth-order valence-corrected chi connectivity index (χ4v) is 5.31. The van der Waals surface area contributed by atoms with Crippen LogP contribution in [-0.4, -0.2) is 9.55 Å². The largest absolute Gasteiger partial charge is 0.354 e. The molecule has 33 heavy (non-hydrogen) atoms. The molecule has 0 fully saturated rings. The van der Waals surface area contributed by atoms with Gasteiger partial charge in [-0.2, -0.15) is 0 Å². The Kier molecular flexibility index (Phi) is 4.63. The average molecular weight is 447 g/mol. The standard InChI is InChI=1S/C28H17ClN2.C2H6/c29-21-10-4-6-12-24(21)31-23-11-5-3-9-19(23)27-25(31)16-14-20-26-18-8-2-1-7-17(18)13-15-22(26)30-28(20)27;1-2/h1-16,30H;1-2H3. The number of aromatic amines is 1. The predicted octanol–water partition coefficient (Wildman–Crippen LogP) is 9.25. The number of halogens is 1. The maximum Gasteiger partial charge on any atom is 0.0648 e. The summed E-state index contributed by atoms with van der Waals surface area (Å²) in [4.78, 5) is 3.74. The summed E-state index contributed by atoms with van der Waals surface area (Å²) in [6, 6.07) is 34.1. The second-order valence-corrected chi connectivity index (χ2v) is 8.43. The van der Waals surface area contributed by atoms with Gasteiger partial charge >= 0.3 is 0 Å². The highest BCUT2D eigenvalue weighted by molar-refractivity contribution is 6.33. The molecule has 5 aromatic carbocycles. The van der Waals surface area contributed by atoms with Crippen LogP contribution in [0.25, 0.3) is 60.1 Å². The third-order valence-electron chi connectivity index (χ3n) is 6.39. The molecule has 160 valence electrons. The molecule has 0 atom stereocenters. The van der Waals surface area contributed by atoms with E-state index in [1.165, 1.54) is 37.8 Å². The van der Waals surface area contributed by atoms with Crippen LogP contribution in [0.2, 0.25) is 5.02 Å². The van der Waals surface area contributed by atoms with Crippen molar-refractivity contribution in [3.8, 4) is 5.69 Å². The molecule has 2 nitrogen and oxygen atoms in total. The lowest BCUT2D eigenvalue weighted by Gasteiger charge is -2.09. The fraction of sp³-hybridized carbons (Fsp3) is 0.0667. The first-order valence-corrected chi connectivity index (χ1v) is 11.8. The maximum absolute atomic E-state index is 6.64. The number of rotatable bonds is 1. The van der Waals surface area contributed by atoms with E-state index in [4.69, 9.17) is 11.6 Å². The second-order valence-electron chi connectivity index (χ2n) is 8.02. The van der Waals surface area contributed by atoms with Crippen LogP contribution in [0.3, 0.4) is 0 Å². The van der Waals surface area contributed by atoms with Crippen molar-refractivity contribution in [1.82, 2.24) is 9.55 Å². The van der Waals surface area contributed by atoms with Gasteiger partial charge in [0.25, 0.3) is 0 Å². The van der Waals surface area contributed by atoms with Gasteiger partial charge in [-0.05, 0) is 41.1 Å². The smallest absolute Gasteiger partial charge is 0.0648 e. The Morgan fingerprint density at radius 2 is 1.33 bits per heavy atom. The van der Waals surface area contributed by atoms with E-state index in [1.807, 2.05) is 32.0 Å². The lowest BCUT2D eigenvalue weighted by atomic mass is 10.0. The highest BCUT2D eigenvalue weighted by Gasteiger charge is 2.18. The van der Waals surface area contributed by atoms with Gasteiger partial charge in [-0.1, -0.05) is 92.2 Å². The average Bonchev–Trinajstić information content (AvgIpc) is 3.41. The quantitative estimate of drug-likeness (QED) is 0.259. The van der Waals surface area contributed by atoms with E-state index in [1.54, 1.807) is 0 Å². The molecule has 7 rings (SSSR count). The van der Waals surface area contributed by atoms with Crippen molar-refractivity contribution in [3.63, 3.8) is 0 Å². The van der Waals surface area contributed by atoms with Gasteiger partial charge in [-0.25, -0.2) is 0 Å². The van der Waals surface area contributed by atoms with E-state index >= 15 is 0 Å². The third-order valence-corrected chi connectivity index (χ3v) is 6.71. The highest BCUT2D eigenvalue weighted by atomic mass is 35.5. The summed E-state index contributed by atoms with van der Waals surface area (Å²) < 4.78 is 2.27. The van der Waals surface area contributed by atoms with Crippen molar-refractivity contribution >= 4 is 66.0 Å². The van der Waals surface area contributed by atoms with Crippen LogP contribution in [0.15, 0.2) is 97.1 Å². The first-order valence-electron chi connectivity index (χ1n) is 11.4. The Balaban J connectivity index is 0.00000101. The zero-order valence-electron chi connectivity index (χ0n) is 18.6. The van der Waals surface area contributed by atoms with Gasteiger partial charge in [0.2, 0.25) is 0 Å². The minimum atomic E-state index is 0.743. The second kappa shape index (κ2) is 7.68. The molecule has 2 heterocycles. The zero-order chi connectivity index (χ0) is 22.5. The summed E-state index contributed by atoms with van der Waals surface area (Å²) in [5.41, 5.74) is 5.64. The molecule has 3 heteroatoms. The Bertz CT molecular complexity index is 1800. The number of hydrogen-bond donors (Lipinski definition) is 1. The molecule has 0 unspecified atom stereocenters. The molecule has 0 bridgehead atoms. The van der Waals surface area contributed by atoms with Crippen molar-refractivity contribution < 1.29 is 0 Å². The molecule has 2 aromatic heterocycles. The predicted molar refractivity (Wildman–Crippen MR) is 144 cm³/mol. The first-order chi connectivity index (χ1) is 16.3. The summed E-state index contributed by atoms with van der Waals surface area (Å²) in [5, 5.41) is 8.26. The van der Waals surface area contributed by atoms with Crippen LogP contribution < -0.4 is 0 Å². The van der Waals surface area contributed by atoms with Gasteiger partial charge in [-0.3, -0.25) is 0 Å². The van der Waals surface area contributed by atoms with Crippen molar-refractivity contribution in [2.24, 2.45) is 0 Å². The van der Waals surface area contributed by atoms with E-state index in [0.29, 0.717) is 0 Å². The van der Waals surface area contributed by atoms with Crippen molar-refractivity contribution in [2.75, 3.05) is 0 Å². The topological polar surface area (TPSA) is 20.7 Å². The number of H-pyrrole nitrogens is 1. The summed E-state index contributed by atoms with van der Waals surface area (Å²) in [6.07, 6.45) is 0. The summed E-state index contributed by atoms with van der Waals surface area (Å²) >= 11 is 6.64. The molecule has 7 aromatic rings. The van der Waals surface area contributed by atoms with E-state index < -0.39 is 0 Å². The number of nitrogens with one attached hydrogen (secondary N) is 1. The molecule has 0 amide bonds. The van der Waals surface area contributed by atoms with Gasteiger partial charge in [0.15, 0.2) is 0 Å². The minimum Gasteiger partial charge on any atom is -0.354 e. The highest BCUT2D eigenvalue weighted by Crippen LogP contribution is 2.41. The van der Waals surface area contributed by atoms with Gasteiger partial charge in [0.1, 0.15) is 0 Å². The van der Waals surface area contributed by atoms with Gasteiger partial charge in [-0.15, -0.1) is 0 Å². The Hall–Kier alpha value is -3.75. The number of hydrogen-bond acceptors (Lipinski definition) is 0. The normalized spacial score (nSPS) is 11.5. The monoisotopic (exact) mass is 446 g/mol. The molecule has 0 aliphatic heterocycles. The Morgan fingerprint density at radius 1 is 0.606 bits per heavy atom. The number of benzene rings is 5. The van der Waals surface area contributed by atoms with E-state index in [9.17, 15) is 0 Å². The van der Waals surface area contributed by atoms with Crippen LogP contribution in [0, 0.1) is 0 Å². The molecule has 0 aliphatic rings. The van der Waals surface area contributed by atoms with Crippen molar-refractivity contribution in [1.29, 1.82) is 0 Å².